The number of amides is 1. The van der Waals surface area contributed by atoms with Gasteiger partial charge in [-0.25, -0.2) is 0 Å². The fourth-order valence-corrected chi connectivity index (χ4v) is 4.55. The highest BCUT2D eigenvalue weighted by Crippen LogP contribution is 2.42. The molecule has 30 heavy (non-hydrogen) atoms. The molecule has 0 radical (unpaired) electrons. The van der Waals surface area contributed by atoms with Crippen molar-refractivity contribution in [2.24, 2.45) is 0 Å². The number of aliphatic hydroxyl groups is 1. The Kier molecular flexibility index (Phi) is 5.57. The third-order valence-corrected chi connectivity index (χ3v) is 6.07. The summed E-state index contributed by atoms with van der Waals surface area (Å²) in [5.41, 5.74) is 1.16. The van der Waals surface area contributed by atoms with Crippen molar-refractivity contribution in [3.63, 3.8) is 0 Å². The van der Waals surface area contributed by atoms with E-state index in [9.17, 15) is 14.7 Å². The van der Waals surface area contributed by atoms with Crippen LogP contribution in [0.3, 0.4) is 0 Å². The molecule has 0 bridgehead atoms. The molecule has 1 amide bonds. The Bertz CT molecular complexity index is 1130. The van der Waals surface area contributed by atoms with Crippen LogP contribution < -0.4 is 4.74 Å². The lowest BCUT2D eigenvalue weighted by atomic mass is 9.99. The maximum Gasteiger partial charge on any atom is 0.295 e. The number of carbonyl (C=O) groups is 2. The molecule has 8 heteroatoms. The second-order valence-electron chi connectivity index (χ2n) is 6.65. The molecule has 1 aliphatic heterocycles. The van der Waals surface area contributed by atoms with Crippen LogP contribution in [-0.2, 0) is 16.1 Å². The first kappa shape index (κ1) is 20.1. The lowest BCUT2D eigenvalue weighted by Gasteiger charge is -2.24. The van der Waals surface area contributed by atoms with E-state index >= 15 is 0 Å². The van der Waals surface area contributed by atoms with E-state index in [0.29, 0.717) is 16.3 Å². The average molecular weight is 441 g/mol. The summed E-state index contributed by atoms with van der Waals surface area (Å²) in [6, 6.07) is 11.3. The smallest absolute Gasteiger partial charge is 0.295 e. The van der Waals surface area contributed by atoms with E-state index < -0.39 is 17.7 Å². The minimum absolute atomic E-state index is 0.0348. The fourth-order valence-electron chi connectivity index (χ4n) is 3.44. The lowest BCUT2D eigenvalue weighted by Crippen LogP contribution is -2.28. The van der Waals surface area contributed by atoms with Crippen molar-refractivity contribution in [1.82, 2.24) is 9.88 Å². The molecule has 0 spiro atoms. The number of likely N-dealkylation sites (tertiary alicyclic amines) is 1. The van der Waals surface area contributed by atoms with Crippen LogP contribution in [-0.4, -0.2) is 33.8 Å². The molecule has 1 atom stereocenters. The van der Waals surface area contributed by atoms with Gasteiger partial charge in [0.2, 0.25) is 0 Å². The van der Waals surface area contributed by atoms with E-state index in [1.54, 1.807) is 30.6 Å². The van der Waals surface area contributed by atoms with Gasteiger partial charge in [-0.2, -0.15) is 0 Å². The molecular weight excluding hydrogens is 424 g/mol. The predicted octanol–water partition coefficient (Wildman–Crippen LogP) is 4.43. The van der Waals surface area contributed by atoms with Gasteiger partial charge in [0.05, 0.1) is 23.7 Å². The van der Waals surface area contributed by atoms with Gasteiger partial charge >= 0.3 is 0 Å². The largest absolute Gasteiger partial charge is 0.507 e. The Hall–Kier alpha value is -3.16. The first-order valence-electron chi connectivity index (χ1n) is 9.06. The molecule has 2 aromatic heterocycles. The van der Waals surface area contributed by atoms with Gasteiger partial charge in [-0.3, -0.25) is 14.6 Å². The molecule has 1 fully saturated rings. The van der Waals surface area contributed by atoms with Crippen LogP contribution in [0.15, 0.2) is 65.8 Å². The molecular formula is C22H17ClN2O4S. The third kappa shape index (κ3) is 3.58. The number of carbonyl (C=O) groups excluding carboxylic acids is 2. The first-order valence-corrected chi connectivity index (χ1v) is 10.3. The van der Waals surface area contributed by atoms with Gasteiger partial charge in [0.1, 0.15) is 11.5 Å². The topological polar surface area (TPSA) is 79.7 Å². The van der Waals surface area contributed by atoms with Crippen molar-refractivity contribution in [3.05, 3.63) is 86.8 Å². The monoisotopic (exact) mass is 440 g/mol. The number of halogens is 1. The highest BCUT2D eigenvalue weighted by Gasteiger charge is 2.46. The zero-order valence-electron chi connectivity index (χ0n) is 15.9. The minimum atomic E-state index is -0.735. The first-order chi connectivity index (χ1) is 14.5. The molecule has 3 aromatic rings. The maximum absolute atomic E-state index is 13.0. The number of Topliss-reactive ketones (excluding diaryl/α,β-unsaturated/α-hetero) is 1. The van der Waals surface area contributed by atoms with Gasteiger partial charge < -0.3 is 14.7 Å². The summed E-state index contributed by atoms with van der Waals surface area (Å²) >= 11 is 7.60. The second kappa shape index (κ2) is 8.30. The van der Waals surface area contributed by atoms with E-state index in [2.05, 4.69) is 4.98 Å². The lowest BCUT2D eigenvalue weighted by molar-refractivity contribution is -0.140. The molecule has 0 aliphatic carbocycles. The van der Waals surface area contributed by atoms with Crippen LogP contribution in [0.5, 0.6) is 5.75 Å². The van der Waals surface area contributed by atoms with Gasteiger partial charge in [0.25, 0.3) is 11.7 Å². The van der Waals surface area contributed by atoms with Gasteiger partial charge in [0, 0.05) is 29.4 Å². The zero-order valence-corrected chi connectivity index (χ0v) is 17.5. The quantitative estimate of drug-likeness (QED) is 0.360. The molecule has 1 N–H and O–H groups in total. The Morgan fingerprint density at radius 1 is 1.27 bits per heavy atom. The number of hydrogen-bond donors (Lipinski definition) is 1. The number of aliphatic hydroxyl groups excluding tert-OH is 1. The molecule has 1 aliphatic rings. The Morgan fingerprint density at radius 3 is 2.73 bits per heavy atom. The summed E-state index contributed by atoms with van der Waals surface area (Å²) in [6.07, 6.45) is 3.29. The standard InChI is InChI=1S/C22H17ClN2O4S/c1-29-16-7-6-14(10-15(16)23)20(26)18-19(17-5-3-9-30-17)25(22(28)21(18)27)12-13-4-2-8-24-11-13/h2-11,19,26H,12H2,1H3/b20-18-. The minimum Gasteiger partial charge on any atom is -0.507 e. The van der Waals surface area contributed by atoms with Crippen LogP contribution in [0.25, 0.3) is 5.76 Å². The summed E-state index contributed by atoms with van der Waals surface area (Å²) in [5, 5.41) is 13.2. The van der Waals surface area contributed by atoms with Crippen LogP contribution in [0.4, 0.5) is 0 Å². The van der Waals surface area contributed by atoms with Crippen molar-refractivity contribution < 1.29 is 19.4 Å². The number of ether oxygens (including phenoxy) is 1. The fraction of sp³-hybridized carbons (Fsp3) is 0.136. The van der Waals surface area contributed by atoms with E-state index in [1.165, 1.54) is 29.4 Å². The Labute approximate surface area is 182 Å². The maximum atomic E-state index is 13.0. The van der Waals surface area contributed by atoms with Crippen LogP contribution >= 0.6 is 22.9 Å². The Morgan fingerprint density at radius 2 is 2.10 bits per heavy atom. The number of pyridine rings is 1. The van der Waals surface area contributed by atoms with Crippen molar-refractivity contribution in [2.45, 2.75) is 12.6 Å². The Balaban J connectivity index is 1.83. The highest BCUT2D eigenvalue weighted by molar-refractivity contribution is 7.10. The molecule has 3 heterocycles. The summed E-state index contributed by atoms with van der Waals surface area (Å²) in [4.78, 5) is 32.2. The number of methoxy groups -OCH3 is 1. The SMILES string of the molecule is COc1ccc(/C(O)=C2/C(=O)C(=O)N(Cc3cccnc3)C2c2cccs2)cc1Cl. The van der Waals surface area contributed by atoms with E-state index in [4.69, 9.17) is 16.3 Å². The van der Waals surface area contributed by atoms with Gasteiger partial charge in [-0.05, 0) is 41.3 Å². The van der Waals surface area contributed by atoms with E-state index in [0.717, 1.165) is 10.4 Å². The molecule has 1 unspecified atom stereocenters. The third-order valence-electron chi connectivity index (χ3n) is 4.85. The zero-order chi connectivity index (χ0) is 21.3. The molecule has 4 rings (SSSR count). The van der Waals surface area contributed by atoms with E-state index in [1.807, 2.05) is 23.6 Å². The van der Waals surface area contributed by atoms with Crippen LogP contribution in [0, 0.1) is 0 Å². The van der Waals surface area contributed by atoms with Gasteiger partial charge in [0.15, 0.2) is 0 Å². The summed E-state index contributed by atoms with van der Waals surface area (Å²) < 4.78 is 5.14. The van der Waals surface area contributed by atoms with Crippen LogP contribution in [0.1, 0.15) is 22.0 Å². The normalized spacial score (nSPS) is 18.1. The van der Waals surface area contributed by atoms with Gasteiger partial charge in [-0.1, -0.05) is 23.7 Å². The van der Waals surface area contributed by atoms with Crippen molar-refractivity contribution in [3.8, 4) is 5.75 Å². The van der Waals surface area contributed by atoms with Crippen molar-refractivity contribution in [2.75, 3.05) is 7.11 Å². The van der Waals surface area contributed by atoms with E-state index in [-0.39, 0.29) is 17.9 Å². The number of aromatic nitrogens is 1. The molecule has 0 saturated carbocycles. The number of thiophene rings is 1. The number of nitrogens with zero attached hydrogens (tertiary/aromatic N) is 2. The number of ketones is 1. The highest BCUT2D eigenvalue weighted by atomic mass is 35.5. The summed E-state index contributed by atoms with van der Waals surface area (Å²) in [6.45, 7) is 0.196. The van der Waals surface area contributed by atoms with Crippen LogP contribution in [0.2, 0.25) is 5.02 Å². The second-order valence-corrected chi connectivity index (χ2v) is 8.04. The predicted molar refractivity (Wildman–Crippen MR) is 114 cm³/mol. The van der Waals surface area contributed by atoms with Crippen molar-refractivity contribution >= 4 is 40.4 Å². The van der Waals surface area contributed by atoms with Crippen molar-refractivity contribution in [1.29, 1.82) is 0 Å². The number of rotatable bonds is 5. The number of benzene rings is 1. The average Bonchev–Trinajstić information content (AvgIpc) is 3.37. The number of hydrogen-bond acceptors (Lipinski definition) is 6. The molecule has 1 aromatic carbocycles. The summed E-state index contributed by atoms with van der Waals surface area (Å²) in [7, 11) is 1.49. The molecule has 6 nitrogen and oxygen atoms in total. The molecule has 152 valence electrons. The van der Waals surface area contributed by atoms with Gasteiger partial charge in [-0.15, -0.1) is 11.3 Å². The summed E-state index contributed by atoms with van der Waals surface area (Å²) in [5.74, 6) is -1.23. The molecule has 1 saturated heterocycles.